The Morgan fingerprint density at radius 2 is 2.28 bits per heavy atom. The zero-order valence-electron chi connectivity index (χ0n) is 10.4. The largest absolute Gasteiger partial charge is 0.480 e. The number of carbonyl (C=O) groups is 1. The fourth-order valence-corrected chi connectivity index (χ4v) is 2.01. The molecule has 0 unspecified atom stereocenters. The number of aliphatic carboxylic acids is 1. The van der Waals surface area contributed by atoms with Gasteiger partial charge in [0.25, 0.3) is 0 Å². The van der Waals surface area contributed by atoms with Crippen molar-refractivity contribution in [1.29, 1.82) is 5.26 Å². The van der Waals surface area contributed by atoms with Crippen molar-refractivity contribution in [2.24, 2.45) is 5.92 Å². The lowest BCUT2D eigenvalue weighted by molar-refractivity contribution is -0.135. The third kappa shape index (κ3) is 3.01. The lowest BCUT2D eigenvalue weighted by Crippen LogP contribution is -2.31. The maximum Gasteiger partial charge on any atom is 0.323 e. The van der Waals surface area contributed by atoms with E-state index in [9.17, 15) is 4.79 Å². The van der Waals surface area contributed by atoms with Crippen LogP contribution in [0.2, 0.25) is 0 Å². The van der Waals surface area contributed by atoms with Crippen molar-refractivity contribution in [3.8, 4) is 6.07 Å². The van der Waals surface area contributed by atoms with Crippen molar-refractivity contribution >= 4 is 11.7 Å². The second kappa shape index (κ2) is 5.09. The molecule has 1 fully saturated rings. The van der Waals surface area contributed by atoms with Gasteiger partial charge in [-0.05, 0) is 49.4 Å². The highest BCUT2D eigenvalue weighted by Crippen LogP contribution is 2.31. The molecule has 0 aliphatic heterocycles. The quantitative estimate of drug-likeness (QED) is 0.862. The Kier molecular flexibility index (Phi) is 3.52. The van der Waals surface area contributed by atoms with E-state index < -0.39 is 5.97 Å². The van der Waals surface area contributed by atoms with Crippen LogP contribution in [0.5, 0.6) is 0 Å². The van der Waals surface area contributed by atoms with Crippen molar-refractivity contribution in [3.05, 3.63) is 29.3 Å². The minimum atomic E-state index is -0.822. The first-order valence-corrected chi connectivity index (χ1v) is 6.07. The highest BCUT2D eigenvalue weighted by Gasteiger charge is 2.25. The highest BCUT2D eigenvalue weighted by atomic mass is 16.4. The molecule has 0 bridgehead atoms. The summed E-state index contributed by atoms with van der Waals surface area (Å²) < 4.78 is 0. The van der Waals surface area contributed by atoms with Gasteiger partial charge in [-0.2, -0.15) is 5.26 Å². The number of carboxylic acids is 1. The van der Waals surface area contributed by atoms with Crippen LogP contribution in [-0.4, -0.2) is 24.2 Å². The molecule has 0 heterocycles. The minimum Gasteiger partial charge on any atom is -0.480 e. The maximum atomic E-state index is 10.9. The SMILES string of the molecule is Cc1cc(N(CC(=O)O)CC2CC2)ccc1C#N. The van der Waals surface area contributed by atoms with E-state index in [1.54, 1.807) is 6.07 Å². The molecule has 4 nitrogen and oxygen atoms in total. The number of carboxylic acid groups (broad SMARTS) is 1. The summed E-state index contributed by atoms with van der Waals surface area (Å²) in [6.07, 6.45) is 2.37. The first-order valence-electron chi connectivity index (χ1n) is 6.07. The van der Waals surface area contributed by atoms with Crippen LogP contribution in [0.3, 0.4) is 0 Å². The monoisotopic (exact) mass is 244 g/mol. The second-order valence-corrected chi connectivity index (χ2v) is 4.83. The number of hydrogen-bond donors (Lipinski definition) is 1. The molecule has 94 valence electrons. The molecule has 0 aromatic heterocycles. The van der Waals surface area contributed by atoms with Crippen molar-refractivity contribution < 1.29 is 9.90 Å². The van der Waals surface area contributed by atoms with Crippen LogP contribution in [0.1, 0.15) is 24.0 Å². The first kappa shape index (κ1) is 12.4. The van der Waals surface area contributed by atoms with Gasteiger partial charge in [0.15, 0.2) is 0 Å². The van der Waals surface area contributed by atoms with E-state index in [1.807, 2.05) is 24.0 Å². The number of benzene rings is 1. The molecule has 0 atom stereocenters. The molecule has 0 amide bonds. The summed E-state index contributed by atoms with van der Waals surface area (Å²) in [6.45, 7) is 2.68. The van der Waals surface area contributed by atoms with Crippen molar-refractivity contribution in [1.82, 2.24) is 0 Å². The van der Waals surface area contributed by atoms with E-state index in [1.165, 1.54) is 12.8 Å². The molecule has 0 spiro atoms. The summed E-state index contributed by atoms with van der Waals surface area (Å²) in [6, 6.07) is 7.60. The summed E-state index contributed by atoms with van der Waals surface area (Å²) in [4.78, 5) is 12.8. The lowest BCUT2D eigenvalue weighted by atomic mass is 10.1. The van der Waals surface area contributed by atoms with Crippen LogP contribution in [0.15, 0.2) is 18.2 Å². The standard InChI is InChI=1S/C14H16N2O2/c1-10-6-13(5-4-12(10)7-15)16(9-14(17)18)8-11-2-3-11/h4-6,11H,2-3,8-9H2,1H3,(H,17,18). The van der Waals surface area contributed by atoms with Gasteiger partial charge in [0.05, 0.1) is 11.6 Å². The lowest BCUT2D eigenvalue weighted by Gasteiger charge is -2.23. The fourth-order valence-electron chi connectivity index (χ4n) is 2.01. The number of rotatable bonds is 5. The summed E-state index contributed by atoms with van der Waals surface area (Å²) in [5, 5.41) is 17.8. The Morgan fingerprint density at radius 3 is 2.78 bits per heavy atom. The van der Waals surface area contributed by atoms with Gasteiger partial charge in [0.2, 0.25) is 0 Å². The Balaban J connectivity index is 2.20. The van der Waals surface area contributed by atoms with Crippen LogP contribution in [0.4, 0.5) is 5.69 Å². The molecule has 0 radical (unpaired) electrons. The molecule has 1 saturated carbocycles. The van der Waals surface area contributed by atoms with Gasteiger partial charge in [-0.1, -0.05) is 0 Å². The van der Waals surface area contributed by atoms with Gasteiger partial charge >= 0.3 is 5.97 Å². The molecular weight excluding hydrogens is 228 g/mol. The molecular formula is C14H16N2O2. The normalized spacial score (nSPS) is 14.0. The van der Waals surface area contributed by atoms with Gasteiger partial charge < -0.3 is 10.0 Å². The number of nitriles is 1. The Bertz CT molecular complexity index is 501. The van der Waals surface area contributed by atoms with Crippen molar-refractivity contribution in [2.75, 3.05) is 18.0 Å². The number of aryl methyl sites for hydroxylation is 1. The molecule has 1 aromatic rings. The summed E-state index contributed by atoms with van der Waals surface area (Å²) in [5.41, 5.74) is 2.42. The van der Waals surface area contributed by atoms with E-state index in [2.05, 4.69) is 6.07 Å². The summed E-state index contributed by atoms with van der Waals surface area (Å²) in [7, 11) is 0. The predicted molar refractivity (Wildman–Crippen MR) is 68.5 cm³/mol. The van der Waals surface area contributed by atoms with Crippen molar-refractivity contribution in [3.63, 3.8) is 0 Å². The van der Waals surface area contributed by atoms with Crippen LogP contribution in [0.25, 0.3) is 0 Å². The van der Waals surface area contributed by atoms with E-state index in [0.717, 1.165) is 17.8 Å². The fraction of sp³-hybridized carbons (Fsp3) is 0.429. The van der Waals surface area contributed by atoms with Crippen LogP contribution in [0, 0.1) is 24.2 Å². The molecule has 18 heavy (non-hydrogen) atoms. The van der Waals surface area contributed by atoms with Gasteiger partial charge in [-0.25, -0.2) is 0 Å². The molecule has 1 N–H and O–H groups in total. The molecule has 0 saturated heterocycles. The minimum absolute atomic E-state index is 0.0157. The molecule has 1 aliphatic carbocycles. The van der Waals surface area contributed by atoms with Crippen LogP contribution < -0.4 is 4.90 Å². The van der Waals surface area contributed by atoms with Gasteiger partial charge in [-0.15, -0.1) is 0 Å². The third-order valence-corrected chi connectivity index (χ3v) is 3.20. The molecule has 4 heteroatoms. The topological polar surface area (TPSA) is 64.3 Å². The highest BCUT2D eigenvalue weighted by molar-refractivity contribution is 5.74. The molecule has 1 aliphatic rings. The first-order chi connectivity index (χ1) is 8.60. The zero-order valence-corrected chi connectivity index (χ0v) is 10.4. The predicted octanol–water partition coefficient (Wildman–Crippen LogP) is 2.17. The second-order valence-electron chi connectivity index (χ2n) is 4.83. The van der Waals surface area contributed by atoms with Crippen LogP contribution in [-0.2, 0) is 4.79 Å². The maximum absolute atomic E-state index is 10.9. The van der Waals surface area contributed by atoms with Gasteiger partial charge in [-0.3, -0.25) is 4.79 Å². The Hall–Kier alpha value is -2.02. The molecule has 1 aromatic carbocycles. The van der Waals surface area contributed by atoms with E-state index in [0.29, 0.717) is 11.5 Å². The third-order valence-electron chi connectivity index (χ3n) is 3.20. The average Bonchev–Trinajstić information content (AvgIpc) is 3.11. The number of anilines is 1. The van der Waals surface area contributed by atoms with E-state index in [-0.39, 0.29) is 6.54 Å². The van der Waals surface area contributed by atoms with E-state index in [4.69, 9.17) is 10.4 Å². The van der Waals surface area contributed by atoms with Gasteiger partial charge in [0, 0.05) is 12.2 Å². The Labute approximate surface area is 106 Å². The zero-order chi connectivity index (χ0) is 13.1. The Morgan fingerprint density at radius 1 is 1.56 bits per heavy atom. The average molecular weight is 244 g/mol. The summed E-state index contributed by atoms with van der Waals surface area (Å²) >= 11 is 0. The summed E-state index contributed by atoms with van der Waals surface area (Å²) in [5.74, 6) is -0.196. The number of nitrogens with zero attached hydrogens (tertiary/aromatic N) is 2. The smallest absolute Gasteiger partial charge is 0.323 e. The van der Waals surface area contributed by atoms with Gasteiger partial charge in [0.1, 0.15) is 6.54 Å². The number of hydrogen-bond acceptors (Lipinski definition) is 3. The van der Waals surface area contributed by atoms with E-state index >= 15 is 0 Å². The van der Waals surface area contributed by atoms with Crippen molar-refractivity contribution in [2.45, 2.75) is 19.8 Å². The molecule has 2 rings (SSSR count). The van der Waals surface area contributed by atoms with Crippen LogP contribution >= 0.6 is 0 Å².